The quantitative estimate of drug-likeness (QED) is 0.570. The van der Waals surface area contributed by atoms with Crippen LogP contribution >= 0.6 is 0 Å². The van der Waals surface area contributed by atoms with Gasteiger partial charge in [0.2, 0.25) is 0 Å². The van der Waals surface area contributed by atoms with Crippen LogP contribution in [-0.2, 0) is 4.74 Å². The third kappa shape index (κ3) is 7.49. The Hall–Kier alpha value is -1.08. The van der Waals surface area contributed by atoms with Crippen LogP contribution in [0.2, 0.25) is 0 Å². The smallest absolute Gasteiger partial charge is 0.0598 e. The summed E-state index contributed by atoms with van der Waals surface area (Å²) in [7, 11) is 0. The van der Waals surface area contributed by atoms with Gasteiger partial charge < -0.3 is 4.74 Å². The first-order valence-electron chi connectivity index (χ1n) is 7.79. The average Bonchev–Trinajstić information content (AvgIpc) is 2.36. The fraction of sp³-hybridized carbons (Fsp3) is 0.579. The van der Waals surface area contributed by atoms with Crippen molar-refractivity contribution in [2.24, 2.45) is 0 Å². The molecule has 0 fully saturated rings. The maximum Gasteiger partial charge on any atom is 0.0598 e. The Balaban J connectivity index is 2.26. The molecule has 0 radical (unpaired) electrons. The molecule has 0 spiro atoms. The molecule has 0 atom stereocenters. The normalized spacial score (nSPS) is 12.5. The van der Waals surface area contributed by atoms with Crippen LogP contribution in [0.1, 0.15) is 70.9 Å². The molecule has 20 heavy (non-hydrogen) atoms. The van der Waals surface area contributed by atoms with Gasteiger partial charge in [-0.05, 0) is 57.1 Å². The van der Waals surface area contributed by atoms with Gasteiger partial charge in [0.05, 0.1) is 5.60 Å². The SMILES string of the molecule is CC(C)c1cccc(/C=C/CCCCOC(C)(C)C)c1. The van der Waals surface area contributed by atoms with Crippen molar-refractivity contribution in [3.8, 4) is 0 Å². The van der Waals surface area contributed by atoms with E-state index in [4.69, 9.17) is 4.74 Å². The van der Waals surface area contributed by atoms with E-state index in [0.717, 1.165) is 19.4 Å². The minimum absolute atomic E-state index is 0.00682. The second-order valence-corrected chi connectivity index (χ2v) is 6.68. The van der Waals surface area contributed by atoms with Crippen LogP contribution in [0.25, 0.3) is 6.08 Å². The molecule has 0 saturated heterocycles. The van der Waals surface area contributed by atoms with E-state index in [0.29, 0.717) is 5.92 Å². The van der Waals surface area contributed by atoms with Crippen molar-refractivity contribution in [3.63, 3.8) is 0 Å². The summed E-state index contributed by atoms with van der Waals surface area (Å²) in [6, 6.07) is 8.80. The minimum atomic E-state index is -0.00682. The summed E-state index contributed by atoms with van der Waals surface area (Å²) in [5.41, 5.74) is 2.71. The van der Waals surface area contributed by atoms with Crippen LogP contribution < -0.4 is 0 Å². The van der Waals surface area contributed by atoms with E-state index < -0.39 is 0 Å². The van der Waals surface area contributed by atoms with Gasteiger partial charge in [-0.15, -0.1) is 0 Å². The fourth-order valence-electron chi connectivity index (χ4n) is 1.98. The minimum Gasteiger partial charge on any atom is -0.376 e. The zero-order valence-corrected chi connectivity index (χ0v) is 13.8. The maximum atomic E-state index is 5.71. The molecule has 0 N–H and O–H groups in total. The maximum absolute atomic E-state index is 5.71. The van der Waals surface area contributed by atoms with E-state index in [2.05, 4.69) is 71.0 Å². The molecule has 0 saturated carbocycles. The average molecular weight is 274 g/mol. The Labute approximate surface area is 125 Å². The van der Waals surface area contributed by atoms with Crippen molar-refractivity contribution in [1.29, 1.82) is 0 Å². The largest absolute Gasteiger partial charge is 0.376 e. The molecule has 0 heterocycles. The van der Waals surface area contributed by atoms with E-state index in [9.17, 15) is 0 Å². The van der Waals surface area contributed by atoms with Crippen molar-refractivity contribution < 1.29 is 4.74 Å². The predicted molar refractivity (Wildman–Crippen MR) is 89.1 cm³/mol. The molecule has 112 valence electrons. The number of rotatable bonds is 7. The zero-order valence-electron chi connectivity index (χ0n) is 13.8. The Morgan fingerprint density at radius 2 is 1.90 bits per heavy atom. The molecule has 1 aromatic carbocycles. The van der Waals surface area contributed by atoms with Crippen LogP contribution in [-0.4, -0.2) is 12.2 Å². The Kier molecular flexibility index (Phi) is 7.01. The van der Waals surface area contributed by atoms with Crippen LogP contribution in [0.4, 0.5) is 0 Å². The number of ether oxygens (including phenoxy) is 1. The highest BCUT2D eigenvalue weighted by molar-refractivity contribution is 5.50. The number of allylic oxidation sites excluding steroid dienone is 1. The van der Waals surface area contributed by atoms with E-state index >= 15 is 0 Å². The van der Waals surface area contributed by atoms with Crippen molar-refractivity contribution in [2.75, 3.05) is 6.61 Å². The third-order valence-corrected chi connectivity index (χ3v) is 3.19. The zero-order chi connectivity index (χ0) is 15.0. The van der Waals surface area contributed by atoms with E-state index in [-0.39, 0.29) is 5.60 Å². The van der Waals surface area contributed by atoms with E-state index in [1.54, 1.807) is 0 Å². The molecule has 0 unspecified atom stereocenters. The lowest BCUT2D eigenvalue weighted by Crippen LogP contribution is -2.19. The molecule has 0 bridgehead atoms. The first-order chi connectivity index (χ1) is 9.38. The summed E-state index contributed by atoms with van der Waals surface area (Å²) in [4.78, 5) is 0. The lowest BCUT2D eigenvalue weighted by molar-refractivity contribution is -0.00446. The van der Waals surface area contributed by atoms with Gasteiger partial charge in [-0.25, -0.2) is 0 Å². The monoisotopic (exact) mass is 274 g/mol. The van der Waals surface area contributed by atoms with Gasteiger partial charge in [0.25, 0.3) is 0 Å². The first-order valence-corrected chi connectivity index (χ1v) is 7.79. The number of benzene rings is 1. The third-order valence-electron chi connectivity index (χ3n) is 3.19. The first kappa shape index (κ1) is 17.0. The van der Waals surface area contributed by atoms with Crippen molar-refractivity contribution in [1.82, 2.24) is 0 Å². The standard InChI is InChI=1S/C19H30O/c1-16(2)18-13-10-12-17(15-18)11-8-6-7-9-14-20-19(3,4)5/h8,10-13,15-16H,6-7,9,14H2,1-5H3/b11-8+. The molecule has 1 heteroatoms. The number of hydrogen-bond donors (Lipinski definition) is 0. The van der Waals surface area contributed by atoms with Crippen LogP contribution in [0.15, 0.2) is 30.3 Å². The van der Waals surface area contributed by atoms with Crippen molar-refractivity contribution >= 4 is 6.08 Å². The van der Waals surface area contributed by atoms with Crippen LogP contribution in [0.3, 0.4) is 0 Å². The number of hydrogen-bond acceptors (Lipinski definition) is 1. The van der Waals surface area contributed by atoms with Crippen LogP contribution in [0, 0.1) is 0 Å². The van der Waals surface area contributed by atoms with Gasteiger partial charge in [-0.3, -0.25) is 0 Å². The topological polar surface area (TPSA) is 9.23 Å². The van der Waals surface area contributed by atoms with Gasteiger partial charge in [0.1, 0.15) is 0 Å². The summed E-state index contributed by atoms with van der Waals surface area (Å²) >= 11 is 0. The summed E-state index contributed by atoms with van der Waals surface area (Å²) in [6.07, 6.45) is 7.95. The molecule has 0 aliphatic carbocycles. The highest BCUT2D eigenvalue weighted by Gasteiger charge is 2.08. The Bertz CT molecular complexity index is 410. The fourth-order valence-corrected chi connectivity index (χ4v) is 1.98. The summed E-state index contributed by atoms with van der Waals surface area (Å²) in [5, 5.41) is 0. The molecule has 0 amide bonds. The molecule has 1 nitrogen and oxygen atoms in total. The van der Waals surface area contributed by atoms with Gasteiger partial charge in [-0.2, -0.15) is 0 Å². The van der Waals surface area contributed by atoms with Crippen molar-refractivity contribution in [3.05, 3.63) is 41.5 Å². The van der Waals surface area contributed by atoms with Gasteiger partial charge in [0, 0.05) is 6.61 Å². The summed E-state index contributed by atoms with van der Waals surface area (Å²) in [5.74, 6) is 0.595. The molecule has 0 aromatic heterocycles. The van der Waals surface area contributed by atoms with Gasteiger partial charge in [-0.1, -0.05) is 50.3 Å². The lowest BCUT2D eigenvalue weighted by atomic mass is 10.0. The molecule has 1 rings (SSSR count). The van der Waals surface area contributed by atoms with Gasteiger partial charge >= 0.3 is 0 Å². The van der Waals surface area contributed by atoms with E-state index in [1.165, 1.54) is 17.5 Å². The van der Waals surface area contributed by atoms with E-state index in [1.807, 2.05) is 0 Å². The molecule has 0 aliphatic heterocycles. The predicted octanol–water partition coefficient (Wildman–Crippen LogP) is 5.81. The summed E-state index contributed by atoms with van der Waals surface area (Å²) < 4.78 is 5.71. The number of unbranched alkanes of at least 4 members (excludes halogenated alkanes) is 2. The molecular weight excluding hydrogens is 244 g/mol. The second kappa shape index (κ2) is 8.26. The summed E-state index contributed by atoms with van der Waals surface area (Å²) in [6.45, 7) is 11.6. The molecule has 1 aromatic rings. The van der Waals surface area contributed by atoms with Crippen LogP contribution in [0.5, 0.6) is 0 Å². The Morgan fingerprint density at radius 1 is 1.15 bits per heavy atom. The Morgan fingerprint density at radius 3 is 2.55 bits per heavy atom. The highest BCUT2D eigenvalue weighted by Crippen LogP contribution is 2.16. The lowest BCUT2D eigenvalue weighted by Gasteiger charge is -2.19. The molecule has 0 aliphatic rings. The highest BCUT2D eigenvalue weighted by atomic mass is 16.5. The second-order valence-electron chi connectivity index (χ2n) is 6.68. The van der Waals surface area contributed by atoms with Gasteiger partial charge in [0.15, 0.2) is 0 Å². The molecular formula is C19H30O. The van der Waals surface area contributed by atoms with Crippen molar-refractivity contribution in [2.45, 2.75) is 65.4 Å².